The molecule has 11 aromatic rings. The maximum Gasteiger partial charge on any atom is 0.160 e. The second-order valence-corrected chi connectivity index (χ2v) is 13.8. The maximum atomic E-state index is 5.28. The van der Waals surface area contributed by atoms with Crippen LogP contribution in [-0.4, -0.2) is 19.1 Å². The van der Waals surface area contributed by atoms with Gasteiger partial charge in [-0.25, -0.2) is 9.97 Å². The maximum absolute atomic E-state index is 5.28. The van der Waals surface area contributed by atoms with Gasteiger partial charge in [0.2, 0.25) is 0 Å². The SMILES string of the molecule is c1ccc(-c2nc(-c3ccc(-n4c5ccccc5c5ccccc54)cc3)c3cc(-c4ccc5c6ccccc6n(-c6ccccc6)c5c4)ccc3n2)cc1. The molecule has 0 aliphatic heterocycles. The topological polar surface area (TPSA) is 35.6 Å². The number of benzene rings is 8. The number of aromatic nitrogens is 4. The average Bonchev–Trinajstić information content (AvgIpc) is 3.76. The standard InChI is InChI=1S/C50H32N4/c1-3-13-34(14-4-1)50-51-44-30-26-35(36-25-29-42-41-19-9-12-22-47(41)54(48(42)32-36)37-15-5-2-6-16-37)31-43(44)49(52-50)33-23-27-38(28-24-33)53-45-20-10-7-17-39(45)40-18-8-11-21-46(40)53/h1-32H. The van der Waals surface area contributed by atoms with Gasteiger partial charge in [-0.15, -0.1) is 0 Å². The van der Waals surface area contributed by atoms with Gasteiger partial charge >= 0.3 is 0 Å². The second-order valence-electron chi connectivity index (χ2n) is 13.8. The molecule has 0 radical (unpaired) electrons. The molecule has 3 heterocycles. The number of nitrogens with zero attached hydrogens (tertiary/aromatic N) is 4. The van der Waals surface area contributed by atoms with Crippen LogP contribution in [0.5, 0.6) is 0 Å². The Bertz CT molecular complexity index is 3140. The van der Waals surface area contributed by atoms with Crippen molar-refractivity contribution in [1.29, 1.82) is 0 Å². The summed E-state index contributed by atoms with van der Waals surface area (Å²) in [6.45, 7) is 0. The average molecular weight is 689 g/mol. The summed E-state index contributed by atoms with van der Waals surface area (Å²) >= 11 is 0. The fourth-order valence-corrected chi connectivity index (χ4v) is 8.22. The molecule has 0 saturated heterocycles. The van der Waals surface area contributed by atoms with E-state index in [1.165, 1.54) is 43.6 Å². The summed E-state index contributed by atoms with van der Waals surface area (Å²) in [6, 6.07) is 69.0. The van der Waals surface area contributed by atoms with Crippen molar-refractivity contribution in [2.24, 2.45) is 0 Å². The molecule has 0 atom stereocenters. The van der Waals surface area contributed by atoms with Crippen LogP contribution in [0.25, 0.3) is 99.7 Å². The minimum absolute atomic E-state index is 0.714. The van der Waals surface area contributed by atoms with Crippen molar-refractivity contribution >= 4 is 54.5 Å². The van der Waals surface area contributed by atoms with Crippen LogP contribution in [0.3, 0.4) is 0 Å². The summed E-state index contributed by atoms with van der Waals surface area (Å²) in [4.78, 5) is 10.4. The monoisotopic (exact) mass is 688 g/mol. The van der Waals surface area contributed by atoms with Crippen molar-refractivity contribution in [3.63, 3.8) is 0 Å². The van der Waals surface area contributed by atoms with Crippen LogP contribution in [-0.2, 0) is 0 Å². The summed E-state index contributed by atoms with van der Waals surface area (Å²) in [5.41, 5.74) is 13.1. The summed E-state index contributed by atoms with van der Waals surface area (Å²) in [6.07, 6.45) is 0. The molecule has 0 aliphatic rings. The van der Waals surface area contributed by atoms with Gasteiger partial charge in [-0.05, 0) is 71.8 Å². The van der Waals surface area contributed by atoms with Crippen LogP contribution in [0.2, 0.25) is 0 Å². The Hall–Kier alpha value is -7.30. The first-order valence-corrected chi connectivity index (χ1v) is 18.3. The van der Waals surface area contributed by atoms with Crippen molar-refractivity contribution in [2.45, 2.75) is 0 Å². The lowest BCUT2D eigenvalue weighted by molar-refractivity contribution is 1.18. The zero-order valence-electron chi connectivity index (χ0n) is 29.3. The molecule has 252 valence electrons. The van der Waals surface area contributed by atoms with Crippen LogP contribution in [0.15, 0.2) is 194 Å². The molecule has 8 aromatic carbocycles. The Morgan fingerprint density at radius 2 is 0.778 bits per heavy atom. The van der Waals surface area contributed by atoms with Gasteiger partial charge in [-0.1, -0.05) is 133 Å². The van der Waals surface area contributed by atoms with Crippen LogP contribution in [0.1, 0.15) is 0 Å². The normalized spacial score (nSPS) is 11.7. The van der Waals surface area contributed by atoms with E-state index < -0.39 is 0 Å². The first-order valence-electron chi connectivity index (χ1n) is 18.3. The highest BCUT2D eigenvalue weighted by Crippen LogP contribution is 2.38. The van der Waals surface area contributed by atoms with E-state index in [0.29, 0.717) is 5.82 Å². The van der Waals surface area contributed by atoms with Gasteiger partial charge in [0.25, 0.3) is 0 Å². The molecule has 0 unspecified atom stereocenters. The first kappa shape index (κ1) is 30.3. The molecule has 0 aliphatic carbocycles. The van der Waals surface area contributed by atoms with Gasteiger partial charge in [-0.2, -0.15) is 0 Å². The van der Waals surface area contributed by atoms with E-state index >= 15 is 0 Å². The third kappa shape index (κ3) is 4.78. The van der Waals surface area contributed by atoms with Crippen molar-refractivity contribution in [3.8, 4) is 45.1 Å². The van der Waals surface area contributed by atoms with Gasteiger partial charge in [0.15, 0.2) is 5.82 Å². The quantitative estimate of drug-likeness (QED) is 0.180. The zero-order valence-corrected chi connectivity index (χ0v) is 29.3. The fraction of sp³-hybridized carbons (Fsp3) is 0. The van der Waals surface area contributed by atoms with Gasteiger partial charge in [0, 0.05) is 49.4 Å². The lowest BCUT2D eigenvalue weighted by atomic mass is 9.98. The Kier molecular flexibility index (Phi) is 6.82. The molecule has 3 aromatic heterocycles. The lowest BCUT2D eigenvalue weighted by Gasteiger charge is -2.13. The molecule has 11 rings (SSSR count). The second kappa shape index (κ2) is 12.1. The predicted molar refractivity (Wildman–Crippen MR) is 225 cm³/mol. The van der Waals surface area contributed by atoms with Crippen molar-refractivity contribution in [1.82, 2.24) is 19.1 Å². The first-order chi connectivity index (χ1) is 26.8. The van der Waals surface area contributed by atoms with Crippen LogP contribution in [0, 0.1) is 0 Å². The Morgan fingerprint density at radius 1 is 0.296 bits per heavy atom. The van der Waals surface area contributed by atoms with Gasteiger partial charge in [0.05, 0.1) is 33.3 Å². The zero-order chi connectivity index (χ0) is 35.6. The molecule has 0 saturated carbocycles. The summed E-state index contributed by atoms with van der Waals surface area (Å²) in [5.74, 6) is 0.714. The molecule has 0 N–H and O–H groups in total. The van der Waals surface area contributed by atoms with Gasteiger partial charge < -0.3 is 9.13 Å². The molecule has 0 spiro atoms. The minimum Gasteiger partial charge on any atom is -0.309 e. The van der Waals surface area contributed by atoms with Gasteiger partial charge in [0.1, 0.15) is 0 Å². The van der Waals surface area contributed by atoms with Crippen LogP contribution < -0.4 is 0 Å². The Balaban J connectivity index is 1.09. The van der Waals surface area contributed by atoms with E-state index in [-0.39, 0.29) is 0 Å². The van der Waals surface area contributed by atoms with E-state index in [4.69, 9.17) is 9.97 Å². The highest BCUT2D eigenvalue weighted by Gasteiger charge is 2.17. The summed E-state index contributed by atoms with van der Waals surface area (Å²) in [7, 11) is 0. The van der Waals surface area contributed by atoms with E-state index in [1.807, 2.05) is 18.2 Å². The summed E-state index contributed by atoms with van der Waals surface area (Å²) in [5, 5.41) is 6.00. The number of rotatable bonds is 5. The van der Waals surface area contributed by atoms with E-state index in [2.05, 4.69) is 185 Å². The van der Waals surface area contributed by atoms with Crippen LogP contribution in [0.4, 0.5) is 0 Å². The minimum atomic E-state index is 0.714. The van der Waals surface area contributed by atoms with E-state index in [0.717, 1.165) is 50.2 Å². The fourth-order valence-electron chi connectivity index (χ4n) is 8.22. The van der Waals surface area contributed by atoms with Gasteiger partial charge in [-0.3, -0.25) is 0 Å². The third-order valence-electron chi connectivity index (χ3n) is 10.7. The molecular weight excluding hydrogens is 657 g/mol. The smallest absolute Gasteiger partial charge is 0.160 e. The molecule has 54 heavy (non-hydrogen) atoms. The highest BCUT2D eigenvalue weighted by molar-refractivity contribution is 6.11. The molecule has 0 fully saturated rings. The number of hydrogen-bond acceptors (Lipinski definition) is 2. The van der Waals surface area contributed by atoms with Crippen molar-refractivity contribution in [2.75, 3.05) is 0 Å². The van der Waals surface area contributed by atoms with Crippen LogP contribution >= 0.6 is 0 Å². The third-order valence-corrected chi connectivity index (χ3v) is 10.7. The molecule has 0 bridgehead atoms. The Labute approximate surface area is 311 Å². The largest absolute Gasteiger partial charge is 0.309 e. The van der Waals surface area contributed by atoms with Crippen molar-refractivity contribution in [3.05, 3.63) is 194 Å². The number of fused-ring (bicyclic) bond motifs is 7. The number of para-hydroxylation sites is 4. The summed E-state index contributed by atoms with van der Waals surface area (Å²) < 4.78 is 4.72. The molecule has 4 heteroatoms. The van der Waals surface area contributed by atoms with E-state index in [1.54, 1.807) is 0 Å². The lowest BCUT2D eigenvalue weighted by Crippen LogP contribution is -1.97. The molecule has 0 amide bonds. The predicted octanol–water partition coefficient (Wildman–Crippen LogP) is 12.8. The van der Waals surface area contributed by atoms with E-state index in [9.17, 15) is 0 Å². The van der Waals surface area contributed by atoms with Crippen molar-refractivity contribution < 1.29 is 0 Å². The highest BCUT2D eigenvalue weighted by atomic mass is 15.0. The Morgan fingerprint density at radius 3 is 1.43 bits per heavy atom. The number of hydrogen-bond donors (Lipinski definition) is 0. The molecule has 4 nitrogen and oxygen atoms in total. The molecular formula is C50H32N4.